The fourth-order valence-electron chi connectivity index (χ4n) is 2.64. The molecular formula is C21H16ClF3N2O5. The van der Waals surface area contributed by atoms with Gasteiger partial charge < -0.3 is 18.7 Å². The Bertz CT molecular complexity index is 1140. The van der Waals surface area contributed by atoms with Crippen LogP contribution in [0, 0.1) is 0 Å². The van der Waals surface area contributed by atoms with Gasteiger partial charge in [0.15, 0.2) is 18.1 Å². The predicted molar refractivity (Wildman–Crippen MR) is 108 cm³/mol. The van der Waals surface area contributed by atoms with E-state index in [-0.39, 0.29) is 23.9 Å². The van der Waals surface area contributed by atoms with Crippen LogP contribution in [0.2, 0.25) is 5.02 Å². The number of hydrogen-bond acceptors (Lipinski definition) is 7. The Morgan fingerprint density at radius 2 is 1.97 bits per heavy atom. The van der Waals surface area contributed by atoms with Crippen LogP contribution in [-0.2, 0) is 22.3 Å². The van der Waals surface area contributed by atoms with E-state index in [1.54, 1.807) is 12.1 Å². The van der Waals surface area contributed by atoms with Crippen molar-refractivity contribution in [2.24, 2.45) is 0 Å². The normalized spacial score (nSPS) is 11.6. The Morgan fingerprint density at radius 1 is 1.19 bits per heavy atom. The molecule has 0 saturated heterocycles. The van der Waals surface area contributed by atoms with Gasteiger partial charge in [0.1, 0.15) is 0 Å². The minimum absolute atomic E-state index is 0.0577. The molecule has 11 heteroatoms. The maximum Gasteiger partial charge on any atom is 0.416 e. The molecule has 0 saturated carbocycles. The number of benzene rings is 2. The van der Waals surface area contributed by atoms with Crippen LogP contribution in [0.4, 0.5) is 13.2 Å². The zero-order valence-electron chi connectivity index (χ0n) is 16.8. The standard InChI is InChI=1S/C21H16ClF3N2O5/c1-29-16-9-12(8-15(22)19(16)30-2)6-7-18(28)31-11-17-26-20(27-32-17)13-4-3-5-14(10-13)21(23,24)25/h3-10H,11H2,1-2H3/b7-6+. The van der Waals surface area contributed by atoms with E-state index in [9.17, 15) is 18.0 Å². The molecule has 3 aromatic rings. The van der Waals surface area contributed by atoms with Gasteiger partial charge in [-0.1, -0.05) is 28.9 Å². The summed E-state index contributed by atoms with van der Waals surface area (Å²) in [5, 5.41) is 3.92. The number of esters is 1. The topological polar surface area (TPSA) is 83.7 Å². The lowest BCUT2D eigenvalue weighted by atomic mass is 10.1. The first-order valence-corrected chi connectivity index (χ1v) is 9.35. The van der Waals surface area contributed by atoms with Crippen molar-refractivity contribution in [3.8, 4) is 22.9 Å². The fourth-order valence-corrected chi connectivity index (χ4v) is 2.94. The Kier molecular flexibility index (Phi) is 7.04. The molecule has 2 aromatic carbocycles. The van der Waals surface area contributed by atoms with E-state index in [2.05, 4.69) is 10.1 Å². The van der Waals surface area contributed by atoms with Crippen molar-refractivity contribution in [3.05, 3.63) is 64.5 Å². The number of carbonyl (C=O) groups is 1. The van der Waals surface area contributed by atoms with E-state index < -0.39 is 17.7 Å². The molecule has 0 unspecified atom stereocenters. The van der Waals surface area contributed by atoms with E-state index in [4.69, 9.17) is 30.3 Å². The quantitative estimate of drug-likeness (QED) is 0.349. The van der Waals surface area contributed by atoms with Crippen molar-refractivity contribution < 1.29 is 36.7 Å². The molecule has 1 heterocycles. The highest BCUT2D eigenvalue weighted by Crippen LogP contribution is 2.36. The highest BCUT2D eigenvalue weighted by atomic mass is 35.5. The summed E-state index contributed by atoms with van der Waals surface area (Å²) in [5.41, 5.74) is -0.159. The third-order valence-electron chi connectivity index (χ3n) is 4.12. The monoisotopic (exact) mass is 468 g/mol. The Labute approximate surface area is 185 Å². The van der Waals surface area contributed by atoms with E-state index in [1.165, 1.54) is 32.4 Å². The van der Waals surface area contributed by atoms with Crippen LogP contribution >= 0.6 is 11.6 Å². The lowest BCUT2D eigenvalue weighted by molar-refractivity contribution is -0.140. The zero-order valence-corrected chi connectivity index (χ0v) is 17.5. The smallest absolute Gasteiger partial charge is 0.416 e. The van der Waals surface area contributed by atoms with Crippen molar-refractivity contribution in [1.82, 2.24) is 10.1 Å². The minimum atomic E-state index is -4.50. The average Bonchev–Trinajstić information content (AvgIpc) is 3.24. The van der Waals surface area contributed by atoms with Gasteiger partial charge in [-0.15, -0.1) is 0 Å². The lowest BCUT2D eigenvalue weighted by Gasteiger charge is -2.10. The van der Waals surface area contributed by atoms with Crippen LogP contribution in [0.1, 0.15) is 17.0 Å². The number of rotatable bonds is 7. The van der Waals surface area contributed by atoms with Crippen molar-refractivity contribution in [2.45, 2.75) is 12.8 Å². The SMILES string of the molecule is COc1cc(/C=C/C(=O)OCc2nc(-c3cccc(C(F)(F)F)c3)no2)cc(Cl)c1OC. The van der Waals surface area contributed by atoms with Gasteiger partial charge in [0.2, 0.25) is 5.82 Å². The summed E-state index contributed by atoms with van der Waals surface area (Å²) in [6.45, 7) is -0.359. The molecule has 0 radical (unpaired) electrons. The number of aromatic nitrogens is 2. The number of hydrogen-bond donors (Lipinski definition) is 0. The van der Waals surface area contributed by atoms with Gasteiger partial charge in [0, 0.05) is 11.6 Å². The molecule has 168 valence electrons. The molecule has 0 aliphatic rings. The lowest BCUT2D eigenvalue weighted by Crippen LogP contribution is -2.04. The Morgan fingerprint density at radius 3 is 2.66 bits per heavy atom. The summed E-state index contributed by atoms with van der Waals surface area (Å²) < 4.78 is 58.8. The van der Waals surface area contributed by atoms with Crippen LogP contribution in [0.15, 0.2) is 47.0 Å². The van der Waals surface area contributed by atoms with Gasteiger partial charge in [-0.3, -0.25) is 0 Å². The predicted octanol–water partition coefficient (Wildman–Crippen LogP) is 5.18. The summed E-state index contributed by atoms with van der Waals surface area (Å²) >= 11 is 6.11. The van der Waals surface area contributed by atoms with Crippen LogP contribution in [-0.4, -0.2) is 30.3 Å². The van der Waals surface area contributed by atoms with Gasteiger partial charge in [-0.05, 0) is 35.9 Å². The second kappa shape index (κ2) is 9.73. The molecule has 0 aliphatic carbocycles. The molecule has 0 spiro atoms. The number of alkyl halides is 3. The summed E-state index contributed by atoms with van der Waals surface area (Å²) in [5.74, 6) is -0.0939. The van der Waals surface area contributed by atoms with Gasteiger partial charge in [-0.25, -0.2) is 4.79 Å². The maximum atomic E-state index is 12.8. The molecule has 7 nitrogen and oxygen atoms in total. The summed E-state index contributed by atoms with van der Waals surface area (Å²) in [6.07, 6.45) is -1.89. The molecule has 32 heavy (non-hydrogen) atoms. The summed E-state index contributed by atoms with van der Waals surface area (Å²) in [6, 6.07) is 7.67. The first kappa shape index (κ1) is 23.1. The van der Waals surface area contributed by atoms with Crippen LogP contribution in [0.25, 0.3) is 17.5 Å². The van der Waals surface area contributed by atoms with Gasteiger partial charge >= 0.3 is 12.1 Å². The van der Waals surface area contributed by atoms with Crippen molar-refractivity contribution >= 4 is 23.6 Å². The average molecular weight is 469 g/mol. The van der Waals surface area contributed by atoms with Crippen LogP contribution < -0.4 is 9.47 Å². The van der Waals surface area contributed by atoms with Gasteiger partial charge in [0.05, 0.1) is 24.8 Å². The number of carbonyl (C=O) groups excluding carboxylic acids is 1. The summed E-state index contributed by atoms with van der Waals surface area (Å²) in [7, 11) is 2.90. The number of halogens is 4. The molecule has 0 bridgehead atoms. The third kappa shape index (κ3) is 5.58. The highest BCUT2D eigenvalue weighted by Gasteiger charge is 2.30. The molecule has 0 aliphatic heterocycles. The fraction of sp³-hybridized carbons (Fsp3) is 0.190. The minimum Gasteiger partial charge on any atom is -0.493 e. The van der Waals surface area contributed by atoms with E-state index in [1.807, 2.05) is 0 Å². The maximum absolute atomic E-state index is 12.8. The first-order chi connectivity index (χ1) is 15.2. The number of ether oxygens (including phenoxy) is 3. The zero-order chi connectivity index (χ0) is 23.3. The van der Waals surface area contributed by atoms with Gasteiger partial charge in [0.25, 0.3) is 5.89 Å². The van der Waals surface area contributed by atoms with Crippen molar-refractivity contribution in [2.75, 3.05) is 14.2 Å². The first-order valence-electron chi connectivity index (χ1n) is 8.98. The number of nitrogens with zero attached hydrogens (tertiary/aromatic N) is 2. The van der Waals surface area contributed by atoms with E-state index >= 15 is 0 Å². The van der Waals surface area contributed by atoms with Crippen molar-refractivity contribution in [3.63, 3.8) is 0 Å². The highest BCUT2D eigenvalue weighted by molar-refractivity contribution is 6.32. The van der Waals surface area contributed by atoms with Gasteiger partial charge in [-0.2, -0.15) is 18.2 Å². The Balaban J connectivity index is 1.63. The van der Waals surface area contributed by atoms with Crippen molar-refractivity contribution in [1.29, 1.82) is 0 Å². The largest absolute Gasteiger partial charge is 0.493 e. The molecular weight excluding hydrogens is 453 g/mol. The van der Waals surface area contributed by atoms with Crippen LogP contribution in [0.3, 0.4) is 0 Å². The molecule has 3 rings (SSSR count). The third-order valence-corrected chi connectivity index (χ3v) is 4.40. The Hall–Kier alpha value is -3.53. The second-order valence-electron chi connectivity index (χ2n) is 6.27. The molecule has 1 aromatic heterocycles. The van der Waals surface area contributed by atoms with E-state index in [0.717, 1.165) is 18.2 Å². The number of methoxy groups -OCH3 is 2. The molecule has 0 atom stereocenters. The molecule has 0 fully saturated rings. The molecule has 0 N–H and O–H groups in total. The summed E-state index contributed by atoms with van der Waals surface area (Å²) in [4.78, 5) is 15.9. The van der Waals surface area contributed by atoms with E-state index in [0.29, 0.717) is 22.1 Å². The second-order valence-corrected chi connectivity index (χ2v) is 6.68. The van der Waals surface area contributed by atoms with Crippen LogP contribution in [0.5, 0.6) is 11.5 Å². The molecule has 0 amide bonds.